The Bertz CT molecular complexity index is 543. The van der Waals surface area contributed by atoms with Gasteiger partial charge in [-0.05, 0) is 18.6 Å². The lowest BCUT2D eigenvalue weighted by Crippen LogP contribution is -2.30. The average molecular weight is 282 g/mol. The number of benzene rings is 1. The maximum absolute atomic E-state index is 11.8. The van der Waals surface area contributed by atoms with Gasteiger partial charge in [-0.1, -0.05) is 0 Å². The average Bonchev–Trinajstić information content (AvgIpc) is 2.37. The maximum atomic E-state index is 11.8. The molecule has 0 spiro atoms. The molecule has 1 rings (SSSR count). The fraction of sp³-hybridized carbons (Fsp3) is 0.333. The van der Waals surface area contributed by atoms with Crippen molar-refractivity contribution < 1.29 is 24.7 Å². The molecule has 0 aliphatic heterocycles. The normalized spacial score (nSPS) is 11.7. The van der Waals surface area contributed by atoms with Crippen LogP contribution in [0.25, 0.3) is 0 Å². The molecule has 0 bridgehead atoms. The van der Waals surface area contributed by atoms with Crippen LogP contribution >= 0.6 is 0 Å². The highest BCUT2D eigenvalue weighted by Gasteiger charge is 2.15. The molecule has 8 heteroatoms. The number of nitrogens with one attached hydrogen (secondary N) is 1. The molecule has 0 saturated carbocycles. The molecule has 1 aromatic carbocycles. The summed E-state index contributed by atoms with van der Waals surface area (Å²) >= 11 is 0. The number of nitro groups is 1. The van der Waals surface area contributed by atoms with Crippen LogP contribution in [0.15, 0.2) is 18.2 Å². The summed E-state index contributed by atoms with van der Waals surface area (Å²) in [6, 6.07) is 3.96. The zero-order chi connectivity index (χ0) is 15.3. The quantitative estimate of drug-likeness (QED) is 0.513. The molecule has 1 aromatic rings. The second kappa shape index (κ2) is 6.62. The van der Waals surface area contributed by atoms with Crippen molar-refractivity contribution >= 4 is 17.6 Å². The number of nitrogens with zero attached hydrogens (tertiary/aromatic N) is 1. The number of hydrogen-bond donors (Lipinski definition) is 3. The van der Waals surface area contributed by atoms with Crippen LogP contribution in [0.3, 0.4) is 0 Å². The number of rotatable bonds is 6. The van der Waals surface area contributed by atoms with Crippen LogP contribution in [0.2, 0.25) is 0 Å². The van der Waals surface area contributed by atoms with Gasteiger partial charge in [0.1, 0.15) is 0 Å². The van der Waals surface area contributed by atoms with E-state index in [4.69, 9.17) is 10.2 Å². The number of carboxylic acids is 1. The fourth-order valence-corrected chi connectivity index (χ4v) is 1.55. The summed E-state index contributed by atoms with van der Waals surface area (Å²) < 4.78 is 0. The van der Waals surface area contributed by atoms with E-state index in [1.54, 1.807) is 6.92 Å². The van der Waals surface area contributed by atoms with E-state index in [-0.39, 0.29) is 24.2 Å². The molecule has 8 nitrogen and oxygen atoms in total. The van der Waals surface area contributed by atoms with Crippen molar-refractivity contribution in [2.24, 2.45) is 0 Å². The van der Waals surface area contributed by atoms with Gasteiger partial charge in [-0.25, -0.2) is 4.79 Å². The van der Waals surface area contributed by atoms with Gasteiger partial charge < -0.3 is 15.5 Å². The predicted octanol–water partition coefficient (Wildman–Crippen LogP) is 0.469. The van der Waals surface area contributed by atoms with E-state index in [2.05, 4.69) is 5.32 Å². The first-order valence-electron chi connectivity index (χ1n) is 5.76. The number of aliphatic hydroxyl groups excluding tert-OH is 1. The van der Waals surface area contributed by atoms with Crippen LogP contribution in [0.1, 0.15) is 22.3 Å². The van der Waals surface area contributed by atoms with Gasteiger partial charge in [0, 0.05) is 30.7 Å². The van der Waals surface area contributed by atoms with Crippen LogP contribution in [0, 0.1) is 17.0 Å². The van der Waals surface area contributed by atoms with Gasteiger partial charge in [0.2, 0.25) is 0 Å². The van der Waals surface area contributed by atoms with E-state index in [0.717, 1.165) is 6.07 Å². The van der Waals surface area contributed by atoms with Crippen LogP contribution in [-0.2, 0) is 4.79 Å². The van der Waals surface area contributed by atoms with E-state index < -0.39 is 22.9 Å². The van der Waals surface area contributed by atoms with E-state index in [1.165, 1.54) is 12.1 Å². The van der Waals surface area contributed by atoms with Crippen molar-refractivity contribution in [2.75, 3.05) is 6.54 Å². The number of nitro benzene ring substituents is 1. The van der Waals surface area contributed by atoms with Crippen molar-refractivity contribution in [3.8, 4) is 0 Å². The number of aliphatic hydroxyl groups is 1. The number of non-ortho nitro benzene ring substituents is 1. The lowest BCUT2D eigenvalue weighted by Gasteiger charge is -2.08. The molecule has 0 aliphatic carbocycles. The van der Waals surface area contributed by atoms with Gasteiger partial charge in [-0.3, -0.25) is 14.9 Å². The first-order valence-corrected chi connectivity index (χ1v) is 5.76. The maximum Gasteiger partial charge on any atom is 0.332 e. The molecule has 1 atom stereocenters. The Labute approximate surface area is 114 Å². The first-order chi connectivity index (χ1) is 9.31. The Balaban J connectivity index is 2.68. The Morgan fingerprint density at radius 3 is 2.60 bits per heavy atom. The third kappa shape index (κ3) is 4.32. The van der Waals surface area contributed by atoms with Gasteiger partial charge in [-0.2, -0.15) is 0 Å². The van der Waals surface area contributed by atoms with Crippen LogP contribution in [0.4, 0.5) is 5.69 Å². The predicted molar refractivity (Wildman–Crippen MR) is 68.4 cm³/mol. The Hall–Kier alpha value is -2.48. The number of carboxylic acid groups (broad SMARTS) is 1. The molecule has 0 aliphatic rings. The largest absolute Gasteiger partial charge is 0.479 e. The van der Waals surface area contributed by atoms with E-state index >= 15 is 0 Å². The Morgan fingerprint density at radius 2 is 2.05 bits per heavy atom. The van der Waals surface area contributed by atoms with Crippen LogP contribution < -0.4 is 5.32 Å². The van der Waals surface area contributed by atoms with Gasteiger partial charge in [-0.15, -0.1) is 0 Å². The fourth-order valence-electron chi connectivity index (χ4n) is 1.55. The second-order valence-corrected chi connectivity index (χ2v) is 4.21. The highest BCUT2D eigenvalue weighted by Crippen LogP contribution is 2.16. The molecule has 1 unspecified atom stereocenters. The summed E-state index contributed by atoms with van der Waals surface area (Å²) in [5.74, 6) is -1.93. The van der Waals surface area contributed by atoms with Crippen molar-refractivity contribution in [1.29, 1.82) is 0 Å². The molecular weight excluding hydrogens is 268 g/mol. The van der Waals surface area contributed by atoms with Crippen molar-refractivity contribution in [2.45, 2.75) is 19.4 Å². The van der Waals surface area contributed by atoms with E-state index in [1.807, 2.05) is 0 Å². The summed E-state index contributed by atoms with van der Waals surface area (Å²) in [6.45, 7) is 1.58. The highest BCUT2D eigenvalue weighted by molar-refractivity contribution is 5.95. The van der Waals surface area contributed by atoms with Crippen molar-refractivity contribution in [1.82, 2.24) is 5.32 Å². The summed E-state index contributed by atoms with van der Waals surface area (Å²) in [5, 5.41) is 30.6. The molecule has 108 valence electrons. The number of aliphatic carboxylic acids is 1. The zero-order valence-electron chi connectivity index (χ0n) is 10.7. The van der Waals surface area contributed by atoms with Gasteiger partial charge >= 0.3 is 5.97 Å². The van der Waals surface area contributed by atoms with Gasteiger partial charge in [0.05, 0.1) is 4.92 Å². The minimum absolute atomic E-state index is 0.0476. The lowest BCUT2D eigenvalue weighted by atomic mass is 10.1. The smallest absolute Gasteiger partial charge is 0.332 e. The SMILES string of the molecule is Cc1cc(C(=O)NCCC(O)C(=O)O)cc([N+](=O)[O-])c1. The zero-order valence-corrected chi connectivity index (χ0v) is 10.7. The molecular formula is C12H14N2O6. The Kier molecular flexibility index (Phi) is 5.15. The van der Waals surface area contributed by atoms with Crippen molar-refractivity contribution in [3.63, 3.8) is 0 Å². The molecule has 0 aromatic heterocycles. The number of aryl methyl sites for hydroxylation is 1. The standard InChI is InChI=1S/C12H14N2O6/c1-7-4-8(6-9(5-7)14(19)20)11(16)13-3-2-10(15)12(17)18/h4-6,10,15H,2-3H2,1H3,(H,13,16)(H,17,18). The minimum Gasteiger partial charge on any atom is -0.479 e. The number of carbonyl (C=O) groups excluding carboxylic acids is 1. The summed E-state index contributed by atoms with van der Waals surface area (Å²) in [6.07, 6.45) is -1.70. The molecule has 0 radical (unpaired) electrons. The minimum atomic E-state index is -1.55. The van der Waals surface area contributed by atoms with Gasteiger partial charge in [0.15, 0.2) is 6.10 Å². The monoisotopic (exact) mass is 282 g/mol. The van der Waals surface area contributed by atoms with Crippen molar-refractivity contribution in [3.05, 3.63) is 39.4 Å². The topological polar surface area (TPSA) is 130 Å². The summed E-state index contributed by atoms with van der Waals surface area (Å²) in [4.78, 5) is 32.2. The summed E-state index contributed by atoms with van der Waals surface area (Å²) in [5.41, 5.74) is 0.483. The van der Waals surface area contributed by atoms with Crippen LogP contribution in [-0.4, -0.2) is 39.7 Å². The number of hydrogen-bond acceptors (Lipinski definition) is 5. The third-order valence-electron chi connectivity index (χ3n) is 2.52. The highest BCUT2D eigenvalue weighted by atomic mass is 16.6. The molecule has 0 heterocycles. The second-order valence-electron chi connectivity index (χ2n) is 4.21. The third-order valence-corrected chi connectivity index (χ3v) is 2.52. The molecule has 20 heavy (non-hydrogen) atoms. The number of amides is 1. The lowest BCUT2D eigenvalue weighted by molar-refractivity contribution is -0.384. The molecule has 0 fully saturated rings. The molecule has 0 saturated heterocycles. The van der Waals surface area contributed by atoms with E-state index in [9.17, 15) is 19.7 Å². The molecule has 1 amide bonds. The van der Waals surface area contributed by atoms with E-state index in [0.29, 0.717) is 5.56 Å². The summed E-state index contributed by atoms with van der Waals surface area (Å²) in [7, 11) is 0. The first kappa shape index (κ1) is 15.6. The number of carbonyl (C=O) groups is 2. The van der Waals surface area contributed by atoms with Crippen LogP contribution in [0.5, 0.6) is 0 Å². The molecule has 3 N–H and O–H groups in total. The van der Waals surface area contributed by atoms with Gasteiger partial charge in [0.25, 0.3) is 11.6 Å². The Morgan fingerprint density at radius 1 is 1.40 bits per heavy atom.